The average molecular weight is 376 g/mol. The summed E-state index contributed by atoms with van der Waals surface area (Å²) in [5.74, 6) is -1.52. The number of rotatable bonds is 9. The first-order valence-electron chi connectivity index (χ1n) is 8.93. The highest BCUT2D eigenvalue weighted by atomic mass is 16.5. The zero-order valence-electron chi connectivity index (χ0n) is 15.5. The molecule has 1 aromatic rings. The summed E-state index contributed by atoms with van der Waals surface area (Å²) in [6.45, 7) is 3.29. The SMILES string of the molecule is CCCCC(NC(=O)CCN1C(=O)COc2ccc(C(C)=O)cc21)C(=O)O. The van der Waals surface area contributed by atoms with E-state index in [1.54, 1.807) is 18.2 Å². The highest BCUT2D eigenvalue weighted by Crippen LogP contribution is 2.33. The molecule has 0 aliphatic carbocycles. The molecule has 1 aromatic carbocycles. The molecule has 0 radical (unpaired) electrons. The van der Waals surface area contributed by atoms with Crippen molar-refractivity contribution < 1.29 is 29.0 Å². The van der Waals surface area contributed by atoms with E-state index < -0.39 is 17.9 Å². The topological polar surface area (TPSA) is 113 Å². The standard InChI is InChI=1S/C19H24N2O6/c1-3-4-5-14(19(25)26)20-17(23)8-9-21-15-10-13(12(2)22)6-7-16(15)27-11-18(21)24/h6-7,10,14H,3-5,8-9,11H2,1-2H3,(H,20,23)(H,25,26). The van der Waals surface area contributed by atoms with Crippen molar-refractivity contribution in [1.82, 2.24) is 5.32 Å². The molecule has 8 heteroatoms. The van der Waals surface area contributed by atoms with Gasteiger partial charge in [0.25, 0.3) is 5.91 Å². The molecule has 0 bridgehead atoms. The number of nitrogens with one attached hydrogen (secondary N) is 1. The van der Waals surface area contributed by atoms with Crippen LogP contribution in [0.2, 0.25) is 0 Å². The Morgan fingerprint density at radius 2 is 2.07 bits per heavy atom. The fraction of sp³-hybridized carbons (Fsp3) is 0.474. The van der Waals surface area contributed by atoms with Gasteiger partial charge in [0.05, 0.1) is 5.69 Å². The Kier molecular flexibility index (Phi) is 6.92. The van der Waals surface area contributed by atoms with Crippen LogP contribution in [0.15, 0.2) is 18.2 Å². The summed E-state index contributed by atoms with van der Waals surface area (Å²) in [6, 6.07) is 3.87. The molecular weight excluding hydrogens is 352 g/mol. The van der Waals surface area contributed by atoms with Crippen LogP contribution in [0.5, 0.6) is 5.75 Å². The van der Waals surface area contributed by atoms with Crippen molar-refractivity contribution in [3.8, 4) is 5.75 Å². The molecule has 0 fully saturated rings. The van der Waals surface area contributed by atoms with Crippen LogP contribution >= 0.6 is 0 Å². The second kappa shape index (κ2) is 9.16. The summed E-state index contributed by atoms with van der Waals surface area (Å²) in [6.07, 6.45) is 1.84. The number of Topliss-reactive ketones (excluding diaryl/α,β-unsaturated/α-hetero) is 1. The van der Waals surface area contributed by atoms with Gasteiger partial charge >= 0.3 is 5.97 Å². The first-order valence-corrected chi connectivity index (χ1v) is 8.93. The van der Waals surface area contributed by atoms with E-state index in [1.165, 1.54) is 11.8 Å². The Morgan fingerprint density at radius 3 is 2.70 bits per heavy atom. The smallest absolute Gasteiger partial charge is 0.326 e. The average Bonchev–Trinajstić information content (AvgIpc) is 2.63. The molecule has 0 saturated heterocycles. The quantitative estimate of drug-likeness (QED) is 0.635. The van der Waals surface area contributed by atoms with Gasteiger partial charge in [-0.2, -0.15) is 0 Å². The first kappa shape index (κ1) is 20.4. The highest BCUT2D eigenvalue weighted by Gasteiger charge is 2.27. The lowest BCUT2D eigenvalue weighted by Gasteiger charge is -2.29. The minimum atomic E-state index is -1.07. The number of nitrogens with zero attached hydrogens (tertiary/aromatic N) is 1. The molecule has 0 saturated carbocycles. The molecule has 2 N–H and O–H groups in total. The number of ether oxygens (including phenoxy) is 1. The number of fused-ring (bicyclic) bond motifs is 1. The predicted molar refractivity (Wildman–Crippen MR) is 98.0 cm³/mol. The molecule has 1 unspecified atom stereocenters. The van der Waals surface area contributed by atoms with E-state index in [0.717, 1.165) is 6.42 Å². The normalized spacial score (nSPS) is 14.1. The molecule has 1 atom stereocenters. The fourth-order valence-electron chi connectivity index (χ4n) is 2.81. The number of carbonyl (C=O) groups excluding carboxylic acids is 3. The maximum absolute atomic E-state index is 12.2. The van der Waals surface area contributed by atoms with Crippen LogP contribution in [0.3, 0.4) is 0 Å². The molecule has 1 aliphatic rings. The van der Waals surface area contributed by atoms with Gasteiger partial charge in [-0.05, 0) is 31.5 Å². The Balaban J connectivity index is 2.05. The van der Waals surface area contributed by atoms with Crippen molar-refractivity contribution in [3.63, 3.8) is 0 Å². The van der Waals surface area contributed by atoms with Crippen LogP contribution in [0.25, 0.3) is 0 Å². The van der Waals surface area contributed by atoms with Gasteiger partial charge in [0, 0.05) is 18.5 Å². The van der Waals surface area contributed by atoms with E-state index in [0.29, 0.717) is 29.8 Å². The summed E-state index contributed by atoms with van der Waals surface area (Å²) < 4.78 is 5.37. The third-order valence-corrected chi connectivity index (χ3v) is 4.35. The Morgan fingerprint density at radius 1 is 1.33 bits per heavy atom. The van der Waals surface area contributed by atoms with Crippen LogP contribution in [0.4, 0.5) is 5.69 Å². The molecule has 0 spiro atoms. The number of hydrogen-bond donors (Lipinski definition) is 2. The zero-order chi connectivity index (χ0) is 20.0. The third-order valence-electron chi connectivity index (χ3n) is 4.35. The minimum absolute atomic E-state index is 0.0502. The number of amides is 2. The highest BCUT2D eigenvalue weighted by molar-refractivity contribution is 6.01. The summed E-state index contributed by atoms with van der Waals surface area (Å²) in [7, 11) is 0. The Labute approximate surface area is 157 Å². The summed E-state index contributed by atoms with van der Waals surface area (Å²) >= 11 is 0. The van der Waals surface area contributed by atoms with E-state index in [9.17, 15) is 24.3 Å². The van der Waals surface area contributed by atoms with Gasteiger partial charge in [0.15, 0.2) is 12.4 Å². The van der Waals surface area contributed by atoms with E-state index in [4.69, 9.17) is 4.74 Å². The molecule has 146 valence electrons. The van der Waals surface area contributed by atoms with Gasteiger partial charge in [-0.15, -0.1) is 0 Å². The fourth-order valence-corrected chi connectivity index (χ4v) is 2.81. The maximum atomic E-state index is 12.2. The number of benzene rings is 1. The lowest BCUT2D eigenvalue weighted by atomic mass is 10.1. The number of carbonyl (C=O) groups is 4. The Bertz CT molecular complexity index is 746. The molecule has 1 heterocycles. The molecule has 0 aromatic heterocycles. The molecule has 27 heavy (non-hydrogen) atoms. The monoisotopic (exact) mass is 376 g/mol. The molecule has 2 amide bonds. The van der Waals surface area contributed by atoms with Gasteiger partial charge in [-0.1, -0.05) is 19.8 Å². The van der Waals surface area contributed by atoms with Crippen LogP contribution in [-0.2, 0) is 14.4 Å². The zero-order valence-corrected chi connectivity index (χ0v) is 15.5. The van der Waals surface area contributed by atoms with Crippen molar-refractivity contribution in [3.05, 3.63) is 23.8 Å². The largest absolute Gasteiger partial charge is 0.482 e. The van der Waals surface area contributed by atoms with Crippen molar-refractivity contribution >= 4 is 29.3 Å². The van der Waals surface area contributed by atoms with Gasteiger partial charge < -0.3 is 20.1 Å². The molecule has 2 rings (SSSR count). The minimum Gasteiger partial charge on any atom is -0.482 e. The lowest BCUT2D eigenvalue weighted by Crippen LogP contribution is -2.44. The molecular formula is C19H24N2O6. The number of anilines is 1. The molecule has 8 nitrogen and oxygen atoms in total. The van der Waals surface area contributed by atoms with Gasteiger partial charge in [-0.3, -0.25) is 14.4 Å². The number of aliphatic carboxylic acids is 1. The summed E-state index contributed by atoms with van der Waals surface area (Å²) in [5.41, 5.74) is 0.875. The van der Waals surface area contributed by atoms with Crippen molar-refractivity contribution in [2.75, 3.05) is 18.1 Å². The van der Waals surface area contributed by atoms with Crippen molar-refractivity contribution in [2.45, 2.75) is 45.6 Å². The van der Waals surface area contributed by atoms with Gasteiger partial charge in [0.2, 0.25) is 5.91 Å². The number of hydrogen-bond acceptors (Lipinski definition) is 5. The Hall–Kier alpha value is -2.90. The van der Waals surface area contributed by atoms with E-state index in [-0.39, 0.29) is 31.3 Å². The predicted octanol–water partition coefficient (Wildman–Crippen LogP) is 1.76. The number of carboxylic acids is 1. The van der Waals surface area contributed by atoms with Crippen LogP contribution < -0.4 is 15.0 Å². The summed E-state index contributed by atoms with van der Waals surface area (Å²) in [5, 5.41) is 11.7. The van der Waals surface area contributed by atoms with Crippen LogP contribution in [0, 0.1) is 0 Å². The van der Waals surface area contributed by atoms with Crippen molar-refractivity contribution in [2.24, 2.45) is 0 Å². The van der Waals surface area contributed by atoms with E-state index in [2.05, 4.69) is 5.32 Å². The van der Waals surface area contributed by atoms with Crippen molar-refractivity contribution in [1.29, 1.82) is 0 Å². The second-order valence-electron chi connectivity index (χ2n) is 6.42. The number of unbranched alkanes of at least 4 members (excludes halogenated alkanes) is 1. The molecule has 1 aliphatic heterocycles. The van der Waals surface area contributed by atoms with Gasteiger partial charge in [-0.25, -0.2) is 4.79 Å². The van der Waals surface area contributed by atoms with E-state index in [1.807, 2.05) is 6.92 Å². The third kappa shape index (κ3) is 5.29. The van der Waals surface area contributed by atoms with Crippen LogP contribution in [0.1, 0.15) is 49.9 Å². The number of ketones is 1. The summed E-state index contributed by atoms with van der Waals surface area (Å²) in [4.78, 5) is 48.6. The van der Waals surface area contributed by atoms with Crippen LogP contribution in [-0.4, -0.2) is 47.9 Å². The second-order valence-corrected chi connectivity index (χ2v) is 6.42. The number of carboxylic acid groups (broad SMARTS) is 1. The van der Waals surface area contributed by atoms with E-state index >= 15 is 0 Å². The maximum Gasteiger partial charge on any atom is 0.326 e. The lowest BCUT2D eigenvalue weighted by molar-refractivity contribution is -0.142. The van der Waals surface area contributed by atoms with Gasteiger partial charge in [0.1, 0.15) is 11.8 Å². The first-order chi connectivity index (χ1) is 12.8.